The molecule has 1 amide bonds. The third kappa shape index (κ3) is 1.26. The zero-order chi connectivity index (χ0) is 10.1. The zero-order valence-corrected chi connectivity index (χ0v) is 8.02. The number of nitrogens with one attached hydrogen (secondary N) is 1. The molecular weight excluding hydrogens is 182 g/mol. The lowest BCUT2D eigenvalue weighted by Gasteiger charge is -2.25. The summed E-state index contributed by atoms with van der Waals surface area (Å²) in [7, 11) is 1.68. The predicted octanol–water partition coefficient (Wildman–Crippen LogP) is 0.553. The molecule has 1 aliphatic heterocycles. The van der Waals surface area contributed by atoms with Crippen LogP contribution >= 0.6 is 0 Å². The SMILES string of the molecule is CC1ON=C(c2ccc[nH]2)N(C)C1=O. The Labute approximate surface area is 81.3 Å². The Morgan fingerprint density at radius 1 is 1.64 bits per heavy atom. The number of oxime groups is 1. The molecular formula is C9H11N3O2. The van der Waals surface area contributed by atoms with Crippen molar-refractivity contribution < 1.29 is 9.63 Å². The molecule has 1 N–H and O–H groups in total. The van der Waals surface area contributed by atoms with Crippen LogP contribution in [0.2, 0.25) is 0 Å². The van der Waals surface area contributed by atoms with Crippen molar-refractivity contribution in [2.24, 2.45) is 5.16 Å². The molecule has 2 rings (SSSR count). The van der Waals surface area contributed by atoms with Crippen LogP contribution < -0.4 is 0 Å². The number of aromatic nitrogens is 1. The molecule has 1 aliphatic rings. The van der Waals surface area contributed by atoms with Crippen molar-refractivity contribution in [3.05, 3.63) is 24.0 Å². The van der Waals surface area contributed by atoms with Crippen molar-refractivity contribution in [2.75, 3.05) is 7.05 Å². The fourth-order valence-electron chi connectivity index (χ4n) is 1.31. The number of amides is 1. The van der Waals surface area contributed by atoms with Gasteiger partial charge < -0.3 is 9.82 Å². The van der Waals surface area contributed by atoms with E-state index in [1.54, 1.807) is 20.2 Å². The number of likely N-dealkylation sites (N-methyl/N-ethyl adjacent to an activating group) is 1. The average molecular weight is 193 g/mol. The van der Waals surface area contributed by atoms with E-state index in [2.05, 4.69) is 10.1 Å². The number of carbonyl (C=O) groups is 1. The maximum atomic E-state index is 11.5. The Morgan fingerprint density at radius 3 is 3.07 bits per heavy atom. The normalized spacial score (nSPS) is 21.9. The standard InChI is InChI=1S/C9H11N3O2/c1-6-9(13)12(2)8(11-14-6)7-4-3-5-10-7/h3-6,10H,1-2H3. The van der Waals surface area contributed by atoms with E-state index >= 15 is 0 Å². The predicted molar refractivity (Wildman–Crippen MR) is 50.6 cm³/mol. The molecule has 0 aromatic carbocycles. The molecule has 0 saturated carbocycles. The Hall–Kier alpha value is -1.78. The minimum atomic E-state index is -0.501. The lowest BCUT2D eigenvalue weighted by atomic mass is 10.3. The number of hydrogen-bond donors (Lipinski definition) is 1. The Balaban J connectivity index is 2.33. The van der Waals surface area contributed by atoms with E-state index in [9.17, 15) is 4.79 Å². The third-order valence-electron chi connectivity index (χ3n) is 2.13. The molecule has 0 saturated heterocycles. The van der Waals surface area contributed by atoms with Gasteiger partial charge in [-0.3, -0.25) is 9.69 Å². The van der Waals surface area contributed by atoms with Gasteiger partial charge in [0.15, 0.2) is 5.84 Å². The third-order valence-corrected chi connectivity index (χ3v) is 2.13. The van der Waals surface area contributed by atoms with E-state index in [0.717, 1.165) is 5.69 Å². The van der Waals surface area contributed by atoms with Crippen LogP contribution in [0.3, 0.4) is 0 Å². The first-order chi connectivity index (χ1) is 6.70. The van der Waals surface area contributed by atoms with Gasteiger partial charge in [-0.05, 0) is 19.1 Å². The fraction of sp³-hybridized carbons (Fsp3) is 0.333. The molecule has 1 atom stereocenters. The maximum absolute atomic E-state index is 11.5. The van der Waals surface area contributed by atoms with Crippen LogP contribution in [-0.4, -0.2) is 34.8 Å². The number of nitrogens with zero attached hydrogens (tertiary/aromatic N) is 2. The highest BCUT2D eigenvalue weighted by molar-refractivity contribution is 6.08. The minimum Gasteiger partial charge on any atom is -0.381 e. The highest BCUT2D eigenvalue weighted by atomic mass is 16.6. The summed E-state index contributed by atoms with van der Waals surface area (Å²) in [4.78, 5) is 21.0. The largest absolute Gasteiger partial charge is 0.381 e. The van der Waals surface area contributed by atoms with Gasteiger partial charge in [0.1, 0.15) is 0 Å². The molecule has 0 spiro atoms. The summed E-state index contributed by atoms with van der Waals surface area (Å²) in [6.45, 7) is 1.67. The quantitative estimate of drug-likeness (QED) is 0.708. The highest BCUT2D eigenvalue weighted by Crippen LogP contribution is 2.11. The number of rotatable bonds is 1. The number of carbonyl (C=O) groups excluding carboxylic acids is 1. The molecule has 74 valence electrons. The lowest BCUT2D eigenvalue weighted by Crippen LogP contribution is -2.44. The Morgan fingerprint density at radius 2 is 2.43 bits per heavy atom. The molecule has 5 heteroatoms. The van der Waals surface area contributed by atoms with E-state index < -0.39 is 6.10 Å². The van der Waals surface area contributed by atoms with E-state index in [1.807, 2.05) is 12.1 Å². The van der Waals surface area contributed by atoms with Gasteiger partial charge >= 0.3 is 0 Å². The first-order valence-electron chi connectivity index (χ1n) is 4.35. The Bertz CT molecular complexity index is 369. The molecule has 2 heterocycles. The first kappa shape index (κ1) is 8.80. The van der Waals surface area contributed by atoms with Crippen molar-refractivity contribution in [1.82, 2.24) is 9.88 Å². The summed E-state index contributed by atoms with van der Waals surface area (Å²) in [6.07, 6.45) is 1.27. The van der Waals surface area contributed by atoms with Gasteiger partial charge in [-0.15, -0.1) is 0 Å². The van der Waals surface area contributed by atoms with Gasteiger partial charge in [-0.25, -0.2) is 0 Å². The van der Waals surface area contributed by atoms with Crippen LogP contribution in [-0.2, 0) is 9.63 Å². The number of aromatic amines is 1. The number of amidine groups is 1. The van der Waals surface area contributed by atoms with Crippen LogP contribution in [0.25, 0.3) is 0 Å². The van der Waals surface area contributed by atoms with Crippen LogP contribution in [0, 0.1) is 0 Å². The number of H-pyrrole nitrogens is 1. The van der Waals surface area contributed by atoms with Crippen LogP contribution in [0.4, 0.5) is 0 Å². The van der Waals surface area contributed by atoms with E-state index in [1.165, 1.54) is 4.90 Å². The maximum Gasteiger partial charge on any atom is 0.271 e. The molecule has 1 aromatic heterocycles. The van der Waals surface area contributed by atoms with Crippen molar-refractivity contribution in [2.45, 2.75) is 13.0 Å². The first-order valence-corrected chi connectivity index (χ1v) is 4.35. The monoisotopic (exact) mass is 193 g/mol. The molecule has 1 aromatic rings. The van der Waals surface area contributed by atoms with Gasteiger partial charge in [0.2, 0.25) is 6.10 Å². The van der Waals surface area contributed by atoms with Crippen LogP contribution in [0.5, 0.6) is 0 Å². The summed E-state index contributed by atoms with van der Waals surface area (Å²) in [6, 6.07) is 3.68. The molecule has 0 fully saturated rings. The average Bonchev–Trinajstić information content (AvgIpc) is 2.67. The molecule has 5 nitrogen and oxygen atoms in total. The topological polar surface area (TPSA) is 57.7 Å². The summed E-state index contributed by atoms with van der Waals surface area (Å²) in [5.74, 6) is 0.419. The van der Waals surface area contributed by atoms with Gasteiger partial charge in [0.05, 0.1) is 5.69 Å². The van der Waals surface area contributed by atoms with Gasteiger partial charge in [0, 0.05) is 13.2 Å². The van der Waals surface area contributed by atoms with Gasteiger partial charge in [0.25, 0.3) is 5.91 Å². The molecule has 0 radical (unpaired) electrons. The summed E-state index contributed by atoms with van der Waals surface area (Å²) < 4.78 is 0. The minimum absolute atomic E-state index is 0.0930. The molecule has 1 unspecified atom stereocenters. The number of hydrogen-bond acceptors (Lipinski definition) is 3. The Kier molecular flexibility index (Phi) is 1.99. The van der Waals surface area contributed by atoms with Crippen molar-refractivity contribution in [1.29, 1.82) is 0 Å². The van der Waals surface area contributed by atoms with E-state index in [4.69, 9.17) is 4.84 Å². The van der Waals surface area contributed by atoms with E-state index in [0.29, 0.717) is 5.84 Å². The van der Waals surface area contributed by atoms with Crippen LogP contribution in [0.15, 0.2) is 23.5 Å². The molecule has 14 heavy (non-hydrogen) atoms. The lowest BCUT2D eigenvalue weighted by molar-refractivity contribution is -0.140. The zero-order valence-electron chi connectivity index (χ0n) is 8.02. The van der Waals surface area contributed by atoms with E-state index in [-0.39, 0.29) is 5.91 Å². The van der Waals surface area contributed by atoms with Crippen LogP contribution in [0.1, 0.15) is 12.6 Å². The van der Waals surface area contributed by atoms with Crippen molar-refractivity contribution >= 4 is 11.7 Å². The molecule has 0 aliphatic carbocycles. The summed E-state index contributed by atoms with van der Waals surface area (Å²) >= 11 is 0. The summed E-state index contributed by atoms with van der Waals surface area (Å²) in [5, 5.41) is 3.87. The summed E-state index contributed by atoms with van der Waals surface area (Å²) in [5.41, 5.74) is 0.771. The molecule has 0 bridgehead atoms. The van der Waals surface area contributed by atoms with Crippen molar-refractivity contribution in [3.63, 3.8) is 0 Å². The second-order valence-electron chi connectivity index (χ2n) is 3.14. The highest BCUT2D eigenvalue weighted by Gasteiger charge is 2.28. The van der Waals surface area contributed by atoms with Gasteiger partial charge in [-0.2, -0.15) is 0 Å². The second kappa shape index (κ2) is 3.17. The second-order valence-corrected chi connectivity index (χ2v) is 3.14. The van der Waals surface area contributed by atoms with Crippen molar-refractivity contribution in [3.8, 4) is 0 Å². The van der Waals surface area contributed by atoms with Gasteiger partial charge in [-0.1, -0.05) is 5.16 Å². The fourth-order valence-corrected chi connectivity index (χ4v) is 1.31. The smallest absolute Gasteiger partial charge is 0.271 e.